The molecule has 0 aromatic heterocycles. The summed E-state index contributed by atoms with van der Waals surface area (Å²) in [6, 6.07) is 8.11. The Labute approximate surface area is 106 Å². The third kappa shape index (κ3) is 2.33. The third-order valence-corrected chi connectivity index (χ3v) is 4.42. The van der Waals surface area contributed by atoms with E-state index in [0.29, 0.717) is 6.54 Å². The lowest BCUT2D eigenvalue weighted by molar-refractivity contribution is -0.130. The normalized spacial score (nSPS) is 24.4. The van der Waals surface area contributed by atoms with Crippen LogP contribution in [-0.4, -0.2) is 34.3 Å². The second-order valence-corrected chi connectivity index (χ2v) is 5.67. The standard InChI is InChI=1S/C13H17NO2S/c1-9-5-3-4-6-11(9)13-14(7-8-15)12(16)10(2)17-13/h3-6,10,13,15H,7-8H2,1-2H3. The molecule has 1 saturated heterocycles. The summed E-state index contributed by atoms with van der Waals surface area (Å²) >= 11 is 1.65. The van der Waals surface area contributed by atoms with E-state index in [0.717, 1.165) is 0 Å². The lowest BCUT2D eigenvalue weighted by Gasteiger charge is -2.24. The molecule has 1 aromatic rings. The molecule has 2 rings (SSSR count). The first-order chi connectivity index (χ1) is 8.15. The summed E-state index contributed by atoms with van der Waals surface area (Å²) in [5, 5.41) is 9.09. The molecule has 0 radical (unpaired) electrons. The van der Waals surface area contributed by atoms with Crippen LogP contribution in [0.3, 0.4) is 0 Å². The number of aryl methyl sites for hydroxylation is 1. The lowest BCUT2D eigenvalue weighted by atomic mass is 10.1. The van der Waals surface area contributed by atoms with Crippen LogP contribution in [0.4, 0.5) is 0 Å². The molecule has 17 heavy (non-hydrogen) atoms. The zero-order chi connectivity index (χ0) is 12.4. The highest BCUT2D eigenvalue weighted by atomic mass is 32.2. The molecule has 3 nitrogen and oxygen atoms in total. The molecule has 2 unspecified atom stereocenters. The van der Waals surface area contributed by atoms with Gasteiger partial charge in [0.05, 0.1) is 11.9 Å². The van der Waals surface area contributed by atoms with Crippen molar-refractivity contribution in [3.63, 3.8) is 0 Å². The first kappa shape index (κ1) is 12.5. The van der Waals surface area contributed by atoms with Gasteiger partial charge >= 0.3 is 0 Å². The van der Waals surface area contributed by atoms with E-state index >= 15 is 0 Å². The van der Waals surface area contributed by atoms with E-state index < -0.39 is 0 Å². The summed E-state index contributed by atoms with van der Waals surface area (Å²) in [7, 11) is 0. The number of hydrogen-bond donors (Lipinski definition) is 1. The summed E-state index contributed by atoms with van der Waals surface area (Å²) in [5.41, 5.74) is 2.36. The SMILES string of the molecule is Cc1ccccc1C1SC(C)C(=O)N1CCO. The highest BCUT2D eigenvalue weighted by Crippen LogP contribution is 2.43. The molecule has 1 aromatic carbocycles. The number of rotatable bonds is 3. The number of thioether (sulfide) groups is 1. The third-order valence-electron chi connectivity index (χ3n) is 3.04. The largest absolute Gasteiger partial charge is 0.395 e. The van der Waals surface area contributed by atoms with Gasteiger partial charge in [0, 0.05) is 6.54 Å². The smallest absolute Gasteiger partial charge is 0.236 e. The number of benzene rings is 1. The van der Waals surface area contributed by atoms with Gasteiger partial charge in [-0.15, -0.1) is 11.8 Å². The van der Waals surface area contributed by atoms with Crippen LogP contribution < -0.4 is 0 Å². The quantitative estimate of drug-likeness (QED) is 0.892. The summed E-state index contributed by atoms with van der Waals surface area (Å²) in [6.07, 6.45) is 0. The summed E-state index contributed by atoms with van der Waals surface area (Å²) in [4.78, 5) is 13.8. The van der Waals surface area contributed by atoms with Crippen molar-refractivity contribution in [2.45, 2.75) is 24.5 Å². The molecule has 0 saturated carbocycles. The van der Waals surface area contributed by atoms with E-state index in [1.54, 1.807) is 16.7 Å². The van der Waals surface area contributed by atoms with Gasteiger partial charge in [-0.1, -0.05) is 24.3 Å². The number of nitrogens with zero attached hydrogens (tertiary/aromatic N) is 1. The molecular weight excluding hydrogens is 234 g/mol. The van der Waals surface area contributed by atoms with Crippen molar-refractivity contribution in [2.24, 2.45) is 0 Å². The number of amides is 1. The minimum Gasteiger partial charge on any atom is -0.395 e. The Hall–Kier alpha value is -1.00. The number of carbonyl (C=O) groups is 1. The Kier molecular flexibility index (Phi) is 3.74. The number of aliphatic hydroxyl groups excluding tert-OH is 1. The van der Waals surface area contributed by atoms with Crippen molar-refractivity contribution in [1.82, 2.24) is 4.90 Å². The van der Waals surface area contributed by atoms with Crippen LogP contribution in [0.25, 0.3) is 0 Å². The zero-order valence-corrected chi connectivity index (χ0v) is 10.9. The average Bonchev–Trinajstić information content (AvgIpc) is 2.58. The van der Waals surface area contributed by atoms with Crippen molar-refractivity contribution in [3.8, 4) is 0 Å². The Morgan fingerprint density at radius 3 is 2.76 bits per heavy atom. The van der Waals surface area contributed by atoms with E-state index in [4.69, 9.17) is 5.11 Å². The van der Waals surface area contributed by atoms with E-state index in [9.17, 15) is 4.79 Å². The van der Waals surface area contributed by atoms with Gasteiger partial charge in [0.25, 0.3) is 0 Å². The molecule has 1 fully saturated rings. The Balaban J connectivity index is 2.31. The highest BCUT2D eigenvalue weighted by Gasteiger charge is 2.38. The first-order valence-electron chi connectivity index (χ1n) is 5.77. The van der Waals surface area contributed by atoms with Gasteiger partial charge in [-0.2, -0.15) is 0 Å². The molecule has 2 atom stereocenters. The fourth-order valence-corrected chi connectivity index (χ4v) is 3.52. The molecule has 0 spiro atoms. The molecule has 1 amide bonds. The lowest BCUT2D eigenvalue weighted by Crippen LogP contribution is -2.32. The summed E-state index contributed by atoms with van der Waals surface area (Å²) in [6.45, 7) is 4.41. The molecule has 1 aliphatic heterocycles. The minimum absolute atomic E-state index is 0.0153. The van der Waals surface area contributed by atoms with Crippen LogP contribution >= 0.6 is 11.8 Å². The molecule has 0 aliphatic carbocycles. The topological polar surface area (TPSA) is 40.5 Å². The maximum absolute atomic E-state index is 12.0. The van der Waals surface area contributed by atoms with Gasteiger partial charge in [0.15, 0.2) is 0 Å². The monoisotopic (exact) mass is 251 g/mol. The fourth-order valence-electron chi connectivity index (χ4n) is 2.11. The van der Waals surface area contributed by atoms with E-state index in [-0.39, 0.29) is 23.1 Å². The Bertz CT molecular complexity index is 422. The van der Waals surface area contributed by atoms with Gasteiger partial charge in [-0.05, 0) is 25.0 Å². The van der Waals surface area contributed by atoms with Crippen LogP contribution in [-0.2, 0) is 4.79 Å². The van der Waals surface area contributed by atoms with Crippen LogP contribution in [0.1, 0.15) is 23.4 Å². The summed E-state index contributed by atoms with van der Waals surface area (Å²) in [5.74, 6) is 0.123. The molecule has 92 valence electrons. The van der Waals surface area contributed by atoms with E-state index in [2.05, 4.69) is 19.1 Å². The van der Waals surface area contributed by atoms with Gasteiger partial charge in [-0.25, -0.2) is 0 Å². The van der Waals surface area contributed by atoms with Crippen molar-refractivity contribution in [1.29, 1.82) is 0 Å². The predicted molar refractivity (Wildman–Crippen MR) is 69.8 cm³/mol. The second-order valence-electron chi connectivity index (χ2n) is 4.24. The van der Waals surface area contributed by atoms with Crippen LogP contribution in [0.5, 0.6) is 0 Å². The molecule has 1 aliphatic rings. The minimum atomic E-state index is -0.0221. The van der Waals surface area contributed by atoms with E-state index in [1.165, 1.54) is 11.1 Å². The first-order valence-corrected chi connectivity index (χ1v) is 6.71. The zero-order valence-electron chi connectivity index (χ0n) is 10.1. The molecular formula is C13H17NO2S. The summed E-state index contributed by atoms with van der Waals surface area (Å²) < 4.78 is 0. The van der Waals surface area contributed by atoms with Crippen molar-refractivity contribution < 1.29 is 9.90 Å². The van der Waals surface area contributed by atoms with Gasteiger partial charge in [-0.3, -0.25) is 4.79 Å². The van der Waals surface area contributed by atoms with Gasteiger partial charge < -0.3 is 10.0 Å². The Morgan fingerprint density at radius 1 is 1.41 bits per heavy atom. The molecule has 1 N–H and O–H groups in total. The van der Waals surface area contributed by atoms with E-state index in [1.807, 2.05) is 19.1 Å². The highest BCUT2D eigenvalue weighted by molar-refractivity contribution is 8.01. The van der Waals surface area contributed by atoms with Crippen molar-refractivity contribution in [2.75, 3.05) is 13.2 Å². The number of β-amino-alcohol motifs (C(OH)–C–C–N with tert-alkyl or cyclic N) is 1. The van der Waals surface area contributed by atoms with Crippen molar-refractivity contribution >= 4 is 17.7 Å². The van der Waals surface area contributed by atoms with Crippen LogP contribution in [0, 0.1) is 6.92 Å². The Morgan fingerprint density at radius 2 is 2.12 bits per heavy atom. The van der Waals surface area contributed by atoms with Crippen molar-refractivity contribution in [3.05, 3.63) is 35.4 Å². The number of hydrogen-bond acceptors (Lipinski definition) is 3. The second kappa shape index (κ2) is 5.10. The maximum atomic E-state index is 12.0. The molecule has 0 bridgehead atoms. The molecule has 4 heteroatoms. The fraction of sp³-hybridized carbons (Fsp3) is 0.462. The van der Waals surface area contributed by atoms with Crippen LogP contribution in [0.15, 0.2) is 24.3 Å². The maximum Gasteiger partial charge on any atom is 0.236 e. The number of aliphatic hydroxyl groups is 1. The predicted octanol–water partition coefficient (Wildman–Crippen LogP) is 1.95. The number of carbonyl (C=O) groups excluding carboxylic acids is 1. The van der Waals surface area contributed by atoms with Gasteiger partial charge in [0.2, 0.25) is 5.91 Å². The molecule has 1 heterocycles. The van der Waals surface area contributed by atoms with Gasteiger partial charge in [0.1, 0.15) is 5.37 Å². The van der Waals surface area contributed by atoms with Crippen LogP contribution in [0.2, 0.25) is 0 Å². The average molecular weight is 251 g/mol.